The van der Waals surface area contributed by atoms with Gasteiger partial charge in [0, 0.05) is 12.6 Å². The molecule has 2 heterocycles. The van der Waals surface area contributed by atoms with Crippen LogP contribution in [0.2, 0.25) is 0 Å². The number of nitrogens with zero attached hydrogens (tertiary/aromatic N) is 1. The molecule has 2 atom stereocenters. The average molecular weight is 309 g/mol. The molecule has 1 N–H and O–H groups in total. The van der Waals surface area contributed by atoms with Crippen molar-refractivity contribution in [1.82, 2.24) is 4.90 Å². The number of rotatable bonds is 6. The molecule has 1 aromatic rings. The molecule has 0 bridgehead atoms. The second kappa shape index (κ2) is 7.29. The first-order valence-corrected chi connectivity index (χ1v) is 8.02. The molecule has 2 rings (SSSR count). The Morgan fingerprint density at radius 3 is 2.95 bits per heavy atom. The molecule has 124 valence electrons. The molecule has 1 fully saturated rings. The van der Waals surface area contributed by atoms with Gasteiger partial charge in [-0.15, -0.1) is 0 Å². The van der Waals surface area contributed by atoms with E-state index in [1.165, 1.54) is 0 Å². The minimum Gasteiger partial charge on any atom is -0.467 e. The molecule has 0 saturated carbocycles. The summed E-state index contributed by atoms with van der Waals surface area (Å²) >= 11 is 0. The first-order chi connectivity index (χ1) is 10.3. The molecule has 1 aliphatic heterocycles. The number of carbonyl (C=O) groups excluding carboxylic acids is 1. The summed E-state index contributed by atoms with van der Waals surface area (Å²) < 4.78 is 10.6. The van der Waals surface area contributed by atoms with Crippen molar-refractivity contribution in [3.8, 4) is 0 Å². The lowest BCUT2D eigenvalue weighted by atomic mass is 10.1. The van der Waals surface area contributed by atoms with Crippen molar-refractivity contribution >= 4 is 5.97 Å². The van der Waals surface area contributed by atoms with Gasteiger partial charge >= 0.3 is 5.97 Å². The lowest BCUT2D eigenvalue weighted by molar-refractivity contribution is -0.155. The van der Waals surface area contributed by atoms with Crippen LogP contribution in [-0.2, 0) is 9.53 Å². The van der Waals surface area contributed by atoms with Crippen molar-refractivity contribution < 1.29 is 19.1 Å². The number of aliphatic hydroxyl groups is 1. The summed E-state index contributed by atoms with van der Waals surface area (Å²) in [5.41, 5.74) is -0.434. The monoisotopic (exact) mass is 309 g/mol. The van der Waals surface area contributed by atoms with Gasteiger partial charge in [0.25, 0.3) is 0 Å². The largest absolute Gasteiger partial charge is 0.467 e. The Labute approximate surface area is 132 Å². The van der Waals surface area contributed by atoms with Crippen LogP contribution in [0.4, 0.5) is 0 Å². The quantitative estimate of drug-likeness (QED) is 0.819. The van der Waals surface area contributed by atoms with Crippen LogP contribution < -0.4 is 0 Å². The van der Waals surface area contributed by atoms with Crippen molar-refractivity contribution in [3.63, 3.8) is 0 Å². The fraction of sp³-hybridized carbons (Fsp3) is 0.706. The number of hydrogen-bond acceptors (Lipinski definition) is 5. The van der Waals surface area contributed by atoms with Crippen LogP contribution in [0, 0.1) is 0 Å². The number of carbonyl (C=O) groups is 1. The molecule has 0 aliphatic carbocycles. The van der Waals surface area contributed by atoms with Gasteiger partial charge in [0.1, 0.15) is 17.5 Å². The highest BCUT2D eigenvalue weighted by molar-refractivity contribution is 5.70. The molecule has 1 aliphatic rings. The summed E-state index contributed by atoms with van der Waals surface area (Å²) in [4.78, 5) is 14.1. The number of ether oxygens (including phenoxy) is 1. The van der Waals surface area contributed by atoms with Gasteiger partial charge in [-0.3, -0.25) is 9.69 Å². The van der Waals surface area contributed by atoms with Crippen molar-refractivity contribution in [3.05, 3.63) is 24.2 Å². The molecule has 0 aromatic carbocycles. The van der Waals surface area contributed by atoms with Gasteiger partial charge in [-0.2, -0.15) is 0 Å². The zero-order chi connectivity index (χ0) is 16.2. The molecule has 22 heavy (non-hydrogen) atoms. The highest BCUT2D eigenvalue weighted by Crippen LogP contribution is 2.27. The molecule has 1 aromatic heterocycles. The molecular weight excluding hydrogens is 282 g/mol. The summed E-state index contributed by atoms with van der Waals surface area (Å²) in [5.74, 6) is 0.448. The average Bonchev–Trinajstić information content (AvgIpc) is 3.05. The number of esters is 1. The van der Waals surface area contributed by atoms with E-state index in [0.717, 1.165) is 19.4 Å². The Hall–Kier alpha value is -1.33. The standard InChI is InChI=1S/C17H27NO4/c1-17(2,3)22-16(20)8-10-18-9-4-6-13(18)12-14(19)15-7-5-11-21-15/h5,7,11,13-14,19H,4,6,8-10,12H2,1-3H3. The highest BCUT2D eigenvalue weighted by Gasteiger charge is 2.28. The molecule has 2 unspecified atom stereocenters. The number of furan rings is 1. The third kappa shape index (κ3) is 5.14. The lowest BCUT2D eigenvalue weighted by Gasteiger charge is -2.26. The number of aliphatic hydroxyl groups excluding tert-OH is 1. The Morgan fingerprint density at radius 1 is 1.55 bits per heavy atom. The summed E-state index contributed by atoms with van der Waals surface area (Å²) in [5, 5.41) is 10.2. The smallest absolute Gasteiger partial charge is 0.307 e. The normalized spacial score (nSPS) is 21.0. The molecule has 0 radical (unpaired) electrons. The molecule has 1 saturated heterocycles. The second-order valence-corrected chi connectivity index (χ2v) is 6.94. The topological polar surface area (TPSA) is 62.9 Å². The van der Waals surface area contributed by atoms with Crippen molar-refractivity contribution in [2.45, 2.75) is 64.2 Å². The minimum atomic E-state index is -0.581. The van der Waals surface area contributed by atoms with Crippen LogP contribution in [-0.4, -0.2) is 40.7 Å². The van der Waals surface area contributed by atoms with Gasteiger partial charge in [0.05, 0.1) is 12.7 Å². The van der Waals surface area contributed by atoms with Crippen molar-refractivity contribution in [2.24, 2.45) is 0 Å². The molecular formula is C17H27NO4. The fourth-order valence-electron chi connectivity index (χ4n) is 2.94. The molecule has 5 nitrogen and oxygen atoms in total. The maximum Gasteiger partial charge on any atom is 0.307 e. The Bertz CT molecular complexity index is 464. The van der Waals surface area contributed by atoms with Crippen LogP contribution in [0.5, 0.6) is 0 Å². The summed E-state index contributed by atoms with van der Waals surface area (Å²) in [6.45, 7) is 7.29. The van der Waals surface area contributed by atoms with E-state index in [0.29, 0.717) is 31.2 Å². The van der Waals surface area contributed by atoms with Gasteiger partial charge in [0.15, 0.2) is 0 Å². The zero-order valence-corrected chi connectivity index (χ0v) is 13.7. The Morgan fingerprint density at radius 2 is 2.32 bits per heavy atom. The van der Waals surface area contributed by atoms with Gasteiger partial charge in [0.2, 0.25) is 0 Å². The van der Waals surface area contributed by atoms with Gasteiger partial charge < -0.3 is 14.3 Å². The van der Waals surface area contributed by atoms with Crippen molar-refractivity contribution in [2.75, 3.05) is 13.1 Å². The van der Waals surface area contributed by atoms with E-state index in [9.17, 15) is 9.90 Å². The molecule has 0 amide bonds. The maximum atomic E-state index is 11.8. The Kier molecular flexibility index (Phi) is 5.64. The second-order valence-electron chi connectivity index (χ2n) is 6.94. The van der Waals surface area contributed by atoms with E-state index in [1.54, 1.807) is 18.4 Å². The van der Waals surface area contributed by atoms with Crippen LogP contribution in [0.1, 0.15) is 58.3 Å². The highest BCUT2D eigenvalue weighted by atomic mass is 16.6. The van der Waals surface area contributed by atoms with E-state index in [-0.39, 0.29) is 5.97 Å². The zero-order valence-electron chi connectivity index (χ0n) is 13.7. The minimum absolute atomic E-state index is 0.162. The Balaban J connectivity index is 1.79. The first-order valence-electron chi connectivity index (χ1n) is 8.02. The van der Waals surface area contributed by atoms with E-state index >= 15 is 0 Å². The van der Waals surface area contributed by atoms with Gasteiger partial charge in [-0.25, -0.2) is 0 Å². The number of likely N-dealkylation sites (tertiary alicyclic amines) is 1. The third-order valence-electron chi connectivity index (χ3n) is 3.89. The van der Waals surface area contributed by atoms with Crippen LogP contribution in [0.15, 0.2) is 22.8 Å². The van der Waals surface area contributed by atoms with E-state index < -0.39 is 11.7 Å². The van der Waals surface area contributed by atoms with Gasteiger partial charge in [-0.05, 0) is 58.7 Å². The predicted molar refractivity (Wildman–Crippen MR) is 83.3 cm³/mol. The first kappa shape index (κ1) is 17.0. The van der Waals surface area contributed by atoms with E-state index in [2.05, 4.69) is 4.90 Å². The summed E-state index contributed by atoms with van der Waals surface area (Å²) in [6, 6.07) is 3.88. The van der Waals surface area contributed by atoms with E-state index in [1.807, 2.05) is 20.8 Å². The maximum absolute atomic E-state index is 11.8. The molecule has 5 heteroatoms. The summed E-state index contributed by atoms with van der Waals surface area (Å²) in [7, 11) is 0. The van der Waals surface area contributed by atoms with Gasteiger partial charge in [-0.1, -0.05) is 0 Å². The predicted octanol–water partition coefficient (Wildman–Crippen LogP) is 2.90. The van der Waals surface area contributed by atoms with Crippen LogP contribution >= 0.6 is 0 Å². The molecule has 0 spiro atoms. The van der Waals surface area contributed by atoms with Crippen LogP contribution in [0.25, 0.3) is 0 Å². The van der Waals surface area contributed by atoms with E-state index in [4.69, 9.17) is 9.15 Å². The summed E-state index contributed by atoms with van der Waals surface area (Å²) in [6.07, 6.45) is 4.18. The fourth-order valence-corrected chi connectivity index (χ4v) is 2.94. The van der Waals surface area contributed by atoms with Crippen LogP contribution in [0.3, 0.4) is 0 Å². The number of hydrogen-bond donors (Lipinski definition) is 1. The SMILES string of the molecule is CC(C)(C)OC(=O)CCN1CCCC1CC(O)c1ccco1. The lowest BCUT2D eigenvalue weighted by Crippen LogP contribution is -2.34. The van der Waals surface area contributed by atoms with Crippen molar-refractivity contribution in [1.29, 1.82) is 0 Å². The third-order valence-corrected chi connectivity index (χ3v) is 3.89.